The topological polar surface area (TPSA) is 73.6 Å². The Labute approximate surface area is 139 Å². The Hall–Kier alpha value is -1.44. The Kier molecular flexibility index (Phi) is 4.33. The smallest absolute Gasteiger partial charge is 0.241 e. The lowest BCUT2D eigenvalue weighted by Crippen LogP contribution is -2.29. The molecule has 2 fully saturated rings. The molecule has 0 radical (unpaired) electrons. The zero-order valence-electron chi connectivity index (χ0n) is 12.9. The Balaban J connectivity index is 1.63. The van der Waals surface area contributed by atoms with Crippen molar-refractivity contribution in [3.63, 3.8) is 0 Å². The van der Waals surface area contributed by atoms with Crippen LogP contribution in [0.15, 0.2) is 6.20 Å². The molecule has 7 nitrogen and oxygen atoms in total. The van der Waals surface area contributed by atoms with Crippen LogP contribution in [0.4, 0.5) is 5.95 Å². The van der Waals surface area contributed by atoms with E-state index in [2.05, 4.69) is 20.4 Å². The summed E-state index contributed by atoms with van der Waals surface area (Å²) < 4.78 is 12.8. The minimum atomic E-state index is 0.231. The molecule has 2 aromatic heterocycles. The Morgan fingerprint density at radius 1 is 1.17 bits per heavy atom. The van der Waals surface area contributed by atoms with E-state index in [4.69, 9.17) is 21.1 Å². The van der Waals surface area contributed by atoms with E-state index in [9.17, 15) is 0 Å². The third-order valence-electron chi connectivity index (χ3n) is 4.45. The van der Waals surface area contributed by atoms with Gasteiger partial charge in [0.1, 0.15) is 11.3 Å². The summed E-state index contributed by atoms with van der Waals surface area (Å²) >= 11 is 6.25. The maximum absolute atomic E-state index is 6.25. The van der Waals surface area contributed by atoms with Crippen LogP contribution in [0, 0.1) is 0 Å². The Bertz CT molecular complexity index is 680. The number of rotatable bonds is 3. The number of halogens is 1. The summed E-state index contributed by atoms with van der Waals surface area (Å²) in [4.78, 5) is 8.88. The molecule has 0 spiro atoms. The summed E-state index contributed by atoms with van der Waals surface area (Å²) in [5, 5.41) is 8.45. The van der Waals surface area contributed by atoms with Gasteiger partial charge in [-0.25, -0.2) is 14.5 Å². The first-order valence-electron chi connectivity index (χ1n) is 8.14. The second-order valence-corrected chi connectivity index (χ2v) is 6.44. The molecule has 23 heavy (non-hydrogen) atoms. The Morgan fingerprint density at radius 2 is 2.04 bits per heavy atom. The number of fused-ring (bicyclic) bond motifs is 1. The van der Waals surface area contributed by atoms with Crippen LogP contribution in [0.2, 0.25) is 5.15 Å². The summed E-state index contributed by atoms with van der Waals surface area (Å²) in [5.74, 6) is 1.70. The van der Waals surface area contributed by atoms with Crippen molar-refractivity contribution < 1.29 is 9.47 Å². The predicted molar refractivity (Wildman–Crippen MR) is 86.0 cm³/mol. The molecule has 0 saturated carbocycles. The number of nitrogens with one attached hydrogen (secondary N) is 1. The van der Waals surface area contributed by atoms with Crippen LogP contribution in [-0.4, -0.2) is 52.1 Å². The van der Waals surface area contributed by atoms with Crippen LogP contribution >= 0.6 is 11.6 Å². The lowest BCUT2D eigenvalue weighted by atomic mass is 10.0. The molecule has 2 aliphatic heterocycles. The van der Waals surface area contributed by atoms with Crippen molar-refractivity contribution in [2.45, 2.75) is 37.6 Å². The summed E-state index contributed by atoms with van der Waals surface area (Å²) in [6.07, 6.45) is 5.75. The highest BCUT2D eigenvalue weighted by Crippen LogP contribution is 2.28. The number of hydrogen-bond acceptors (Lipinski definition) is 6. The molecule has 2 aliphatic rings. The zero-order valence-corrected chi connectivity index (χ0v) is 13.6. The largest absolute Gasteiger partial charge is 0.381 e. The lowest BCUT2D eigenvalue weighted by Gasteiger charge is -2.23. The number of anilines is 1. The van der Waals surface area contributed by atoms with E-state index in [-0.39, 0.29) is 5.92 Å². The molecule has 0 amide bonds. The number of aromatic nitrogens is 4. The van der Waals surface area contributed by atoms with Crippen LogP contribution in [-0.2, 0) is 9.47 Å². The molecule has 4 heterocycles. The number of nitrogens with zero attached hydrogens (tertiary/aromatic N) is 4. The normalized spacial score (nSPS) is 23.3. The van der Waals surface area contributed by atoms with E-state index >= 15 is 0 Å². The van der Waals surface area contributed by atoms with Gasteiger partial charge in [-0.2, -0.15) is 0 Å². The molecule has 2 aromatic rings. The van der Waals surface area contributed by atoms with E-state index in [0.29, 0.717) is 23.8 Å². The second-order valence-electron chi connectivity index (χ2n) is 6.08. The van der Waals surface area contributed by atoms with Gasteiger partial charge in [-0.05, 0) is 25.7 Å². The van der Waals surface area contributed by atoms with Crippen molar-refractivity contribution in [2.24, 2.45) is 0 Å². The minimum absolute atomic E-state index is 0.231. The fourth-order valence-electron chi connectivity index (χ4n) is 3.17. The highest BCUT2D eigenvalue weighted by Gasteiger charge is 2.24. The fourth-order valence-corrected chi connectivity index (χ4v) is 3.39. The van der Waals surface area contributed by atoms with Crippen molar-refractivity contribution in [1.82, 2.24) is 19.6 Å². The Morgan fingerprint density at radius 3 is 2.83 bits per heavy atom. The first kappa shape index (κ1) is 15.1. The van der Waals surface area contributed by atoms with E-state index in [1.807, 2.05) is 4.52 Å². The highest BCUT2D eigenvalue weighted by molar-refractivity contribution is 6.32. The molecule has 0 bridgehead atoms. The zero-order chi connectivity index (χ0) is 15.6. The molecule has 4 rings (SSSR count). The van der Waals surface area contributed by atoms with E-state index < -0.39 is 0 Å². The van der Waals surface area contributed by atoms with Crippen molar-refractivity contribution >= 4 is 23.1 Å². The molecule has 1 atom stereocenters. The quantitative estimate of drug-likeness (QED) is 0.926. The van der Waals surface area contributed by atoms with Crippen molar-refractivity contribution in [3.8, 4) is 0 Å². The summed E-state index contributed by atoms with van der Waals surface area (Å²) in [7, 11) is 0. The molecule has 2 saturated heterocycles. The fraction of sp³-hybridized carbons (Fsp3) is 0.667. The van der Waals surface area contributed by atoms with Crippen molar-refractivity contribution in [2.75, 3.05) is 31.7 Å². The van der Waals surface area contributed by atoms with Gasteiger partial charge in [0.25, 0.3) is 0 Å². The third kappa shape index (κ3) is 3.13. The first-order valence-corrected chi connectivity index (χ1v) is 8.52. The maximum Gasteiger partial charge on any atom is 0.241 e. The number of imidazole rings is 1. The molecular weight excluding hydrogens is 318 g/mol. The van der Waals surface area contributed by atoms with Gasteiger partial charge in [0.05, 0.1) is 12.8 Å². The van der Waals surface area contributed by atoms with E-state index in [1.165, 1.54) is 0 Å². The lowest BCUT2D eigenvalue weighted by molar-refractivity contribution is 0.0776. The van der Waals surface area contributed by atoms with Gasteiger partial charge in [-0.3, -0.25) is 0 Å². The number of hydrogen-bond donors (Lipinski definition) is 1. The molecule has 0 aromatic carbocycles. The molecule has 8 heteroatoms. The summed E-state index contributed by atoms with van der Waals surface area (Å²) in [5.41, 5.74) is 0.741. The van der Waals surface area contributed by atoms with Crippen LogP contribution in [0.5, 0.6) is 0 Å². The van der Waals surface area contributed by atoms with Crippen molar-refractivity contribution in [3.05, 3.63) is 17.2 Å². The van der Waals surface area contributed by atoms with Gasteiger partial charge in [-0.1, -0.05) is 11.6 Å². The maximum atomic E-state index is 6.25. The average molecular weight is 338 g/mol. The molecule has 1 unspecified atom stereocenters. The van der Waals surface area contributed by atoms with Crippen LogP contribution in [0.25, 0.3) is 5.52 Å². The molecule has 0 aliphatic carbocycles. The minimum Gasteiger partial charge on any atom is -0.381 e. The average Bonchev–Trinajstić information content (AvgIpc) is 2.93. The summed E-state index contributed by atoms with van der Waals surface area (Å²) in [6.45, 7) is 3.05. The van der Waals surface area contributed by atoms with Gasteiger partial charge < -0.3 is 14.8 Å². The molecular formula is C15H20ClN5O2. The van der Waals surface area contributed by atoms with Gasteiger partial charge in [-0.15, -0.1) is 5.10 Å². The van der Waals surface area contributed by atoms with E-state index in [1.54, 1.807) is 6.20 Å². The highest BCUT2D eigenvalue weighted by atomic mass is 35.5. The van der Waals surface area contributed by atoms with Crippen molar-refractivity contribution in [1.29, 1.82) is 0 Å². The van der Waals surface area contributed by atoms with Crippen LogP contribution in [0.3, 0.4) is 0 Å². The standard InChI is InChI=1S/C15H20ClN5O2/c16-13-12-8-17-15(18-11-3-6-22-7-4-11)20-21(12)14(19-13)10-2-1-5-23-9-10/h8,10-11H,1-7,9H2,(H,18,20). The van der Waals surface area contributed by atoms with Gasteiger partial charge in [0, 0.05) is 31.8 Å². The molecule has 1 N–H and O–H groups in total. The summed E-state index contributed by atoms with van der Waals surface area (Å²) in [6, 6.07) is 0.349. The molecule has 124 valence electrons. The van der Waals surface area contributed by atoms with Crippen LogP contribution < -0.4 is 5.32 Å². The SMILES string of the molecule is Clc1nc(C2CCCOC2)n2nc(NC3CCOCC3)ncc12. The van der Waals surface area contributed by atoms with Gasteiger partial charge in [0.2, 0.25) is 5.95 Å². The predicted octanol–water partition coefficient (Wildman–Crippen LogP) is 2.26. The van der Waals surface area contributed by atoms with Crippen LogP contribution in [0.1, 0.15) is 37.4 Å². The van der Waals surface area contributed by atoms with Gasteiger partial charge in [0.15, 0.2) is 5.15 Å². The monoisotopic (exact) mass is 337 g/mol. The number of ether oxygens (including phenoxy) is 2. The first-order chi connectivity index (χ1) is 11.3. The second kappa shape index (κ2) is 6.59. The third-order valence-corrected chi connectivity index (χ3v) is 4.73. The van der Waals surface area contributed by atoms with E-state index in [0.717, 1.165) is 56.8 Å². The van der Waals surface area contributed by atoms with Gasteiger partial charge >= 0.3 is 0 Å².